The van der Waals surface area contributed by atoms with Crippen molar-refractivity contribution in [2.45, 2.75) is 38.4 Å². The number of amides is 1. The number of hydrogen-bond acceptors (Lipinski definition) is 4. The third kappa shape index (κ3) is 6.69. The van der Waals surface area contributed by atoms with Gasteiger partial charge in [-0.2, -0.15) is 0 Å². The lowest BCUT2D eigenvalue weighted by Crippen LogP contribution is -2.44. The van der Waals surface area contributed by atoms with Crippen LogP contribution in [-0.2, 0) is 9.53 Å². The van der Waals surface area contributed by atoms with Gasteiger partial charge in [-0.25, -0.2) is 0 Å². The van der Waals surface area contributed by atoms with Crippen molar-refractivity contribution >= 4 is 5.91 Å². The van der Waals surface area contributed by atoms with Crippen LogP contribution < -0.4 is 5.32 Å². The van der Waals surface area contributed by atoms with Crippen LogP contribution in [0.1, 0.15) is 37.9 Å². The molecule has 0 aromatic heterocycles. The highest BCUT2D eigenvalue weighted by Crippen LogP contribution is 2.15. The van der Waals surface area contributed by atoms with E-state index in [1.807, 2.05) is 30.0 Å². The maximum Gasteiger partial charge on any atom is 0.234 e. The summed E-state index contributed by atoms with van der Waals surface area (Å²) < 4.78 is 5.78. The molecular formula is C18H28N2O3. The van der Waals surface area contributed by atoms with Crippen LogP contribution in [0.4, 0.5) is 0 Å². The zero-order valence-corrected chi connectivity index (χ0v) is 13.9. The van der Waals surface area contributed by atoms with Gasteiger partial charge in [0.05, 0.1) is 18.8 Å². The summed E-state index contributed by atoms with van der Waals surface area (Å²) in [4.78, 5) is 13.9. The number of aliphatic hydroxyl groups is 1. The first-order valence-corrected chi connectivity index (χ1v) is 8.49. The summed E-state index contributed by atoms with van der Waals surface area (Å²) in [5.74, 6) is 0.0233. The van der Waals surface area contributed by atoms with E-state index in [2.05, 4.69) is 17.4 Å². The number of aliphatic hydroxyl groups excluding tert-OH is 1. The number of carbonyl (C=O) groups is 1. The highest BCUT2D eigenvalue weighted by molar-refractivity contribution is 5.77. The number of carbonyl (C=O) groups excluding carboxylic acids is 1. The Labute approximate surface area is 138 Å². The van der Waals surface area contributed by atoms with Crippen molar-refractivity contribution < 1.29 is 14.6 Å². The van der Waals surface area contributed by atoms with Crippen molar-refractivity contribution in [2.24, 2.45) is 0 Å². The number of benzene rings is 1. The van der Waals surface area contributed by atoms with Crippen LogP contribution in [0.2, 0.25) is 0 Å². The van der Waals surface area contributed by atoms with E-state index in [1.165, 1.54) is 5.56 Å². The Morgan fingerprint density at radius 2 is 2.22 bits per heavy atom. The van der Waals surface area contributed by atoms with Crippen molar-refractivity contribution in [3.8, 4) is 0 Å². The molecule has 2 rings (SSSR count). The van der Waals surface area contributed by atoms with Crippen LogP contribution in [0.15, 0.2) is 30.3 Å². The molecule has 2 unspecified atom stereocenters. The summed E-state index contributed by atoms with van der Waals surface area (Å²) in [5.41, 5.74) is 1.17. The molecule has 5 nitrogen and oxygen atoms in total. The van der Waals surface area contributed by atoms with Gasteiger partial charge in [-0.1, -0.05) is 30.3 Å². The third-order valence-corrected chi connectivity index (χ3v) is 4.13. The van der Waals surface area contributed by atoms with E-state index in [4.69, 9.17) is 4.74 Å². The predicted molar refractivity (Wildman–Crippen MR) is 90.1 cm³/mol. The number of ether oxygens (including phenoxy) is 1. The molecule has 1 aromatic rings. The quantitative estimate of drug-likeness (QED) is 0.716. The summed E-state index contributed by atoms with van der Waals surface area (Å²) in [6, 6.07) is 10.1. The fourth-order valence-electron chi connectivity index (χ4n) is 2.81. The molecule has 0 saturated carbocycles. The van der Waals surface area contributed by atoms with Crippen LogP contribution in [0, 0.1) is 0 Å². The topological polar surface area (TPSA) is 61.8 Å². The van der Waals surface area contributed by atoms with Crippen molar-refractivity contribution in [3.63, 3.8) is 0 Å². The molecule has 1 heterocycles. The summed E-state index contributed by atoms with van der Waals surface area (Å²) in [6.07, 6.45) is 2.38. The van der Waals surface area contributed by atoms with E-state index < -0.39 is 0 Å². The smallest absolute Gasteiger partial charge is 0.234 e. The standard InChI is InChI=1S/C18H28N2O3/c1-15(16-7-3-2-4-8-16)23-12-6-10-19-18(22)14-20-11-5-9-17(21)13-20/h2-4,7-8,15,17,21H,5-6,9-14H2,1H3,(H,19,22). The molecule has 2 atom stereocenters. The number of hydrogen-bond donors (Lipinski definition) is 2. The van der Waals surface area contributed by atoms with E-state index >= 15 is 0 Å². The van der Waals surface area contributed by atoms with Crippen molar-refractivity contribution in [2.75, 3.05) is 32.8 Å². The number of nitrogens with zero attached hydrogens (tertiary/aromatic N) is 1. The van der Waals surface area contributed by atoms with Gasteiger partial charge in [0.25, 0.3) is 0 Å². The molecular weight excluding hydrogens is 292 g/mol. The molecule has 1 aromatic carbocycles. The highest BCUT2D eigenvalue weighted by atomic mass is 16.5. The first kappa shape index (κ1) is 17.9. The molecule has 128 valence electrons. The van der Waals surface area contributed by atoms with E-state index in [-0.39, 0.29) is 18.1 Å². The molecule has 1 saturated heterocycles. The molecule has 0 aliphatic carbocycles. The van der Waals surface area contributed by atoms with Crippen molar-refractivity contribution in [3.05, 3.63) is 35.9 Å². The Morgan fingerprint density at radius 1 is 1.43 bits per heavy atom. The van der Waals surface area contributed by atoms with E-state index in [1.54, 1.807) is 0 Å². The van der Waals surface area contributed by atoms with E-state index in [0.29, 0.717) is 26.2 Å². The molecule has 1 aliphatic rings. The highest BCUT2D eigenvalue weighted by Gasteiger charge is 2.19. The summed E-state index contributed by atoms with van der Waals surface area (Å²) in [7, 11) is 0. The average Bonchev–Trinajstić information content (AvgIpc) is 2.55. The summed E-state index contributed by atoms with van der Waals surface area (Å²) in [6.45, 7) is 5.15. The number of nitrogens with one attached hydrogen (secondary N) is 1. The zero-order chi connectivity index (χ0) is 16.5. The van der Waals surface area contributed by atoms with Gasteiger partial charge in [-0.3, -0.25) is 9.69 Å². The first-order chi connectivity index (χ1) is 11.1. The fraction of sp³-hybridized carbons (Fsp3) is 0.611. The van der Waals surface area contributed by atoms with E-state index in [0.717, 1.165) is 25.8 Å². The second kappa shape index (κ2) is 9.65. The average molecular weight is 320 g/mol. The monoisotopic (exact) mass is 320 g/mol. The lowest BCUT2D eigenvalue weighted by molar-refractivity contribution is -0.123. The Morgan fingerprint density at radius 3 is 2.96 bits per heavy atom. The van der Waals surface area contributed by atoms with Gasteiger partial charge in [-0.15, -0.1) is 0 Å². The number of likely N-dealkylation sites (tertiary alicyclic amines) is 1. The Hall–Kier alpha value is -1.43. The van der Waals surface area contributed by atoms with Gasteiger partial charge in [0.1, 0.15) is 0 Å². The van der Waals surface area contributed by atoms with Gasteiger partial charge in [0, 0.05) is 19.7 Å². The molecule has 1 fully saturated rings. The predicted octanol–water partition coefficient (Wildman–Crippen LogP) is 1.73. The van der Waals surface area contributed by atoms with E-state index in [9.17, 15) is 9.90 Å². The zero-order valence-electron chi connectivity index (χ0n) is 13.9. The normalized spacial score (nSPS) is 20.2. The van der Waals surface area contributed by atoms with Gasteiger partial charge < -0.3 is 15.2 Å². The minimum absolute atomic E-state index is 0.0233. The molecule has 23 heavy (non-hydrogen) atoms. The maximum atomic E-state index is 11.9. The van der Waals surface area contributed by atoms with Crippen molar-refractivity contribution in [1.82, 2.24) is 10.2 Å². The molecule has 0 spiro atoms. The van der Waals surface area contributed by atoms with Crippen molar-refractivity contribution in [1.29, 1.82) is 0 Å². The Kier molecular flexibility index (Phi) is 7.52. The molecule has 1 amide bonds. The van der Waals surface area contributed by atoms with Gasteiger partial charge in [0.2, 0.25) is 5.91 Å². The number of rotatable bonds is 8. The molecule has 5 heteroatoms. The Bertz CT molecular complexity index is 467. The lowest BCUT2D eigenvalue weighted by atomic mass is 10.1. The van der Waals surface area contributed by atoms with Gasteiger partial charge in [0.15, 0.2) is 0 Å². The minimum Gasteiger partial charge on any atom is -0.392 e. The summed E-state index contributed by atoms with van der Waals surface area (Å²) >= 11 is 0. The van der Waals surface area contributed by atoms with Gasteiger partial charge >= 0.3 is 0 Å². The van der Waals surface area contributed by atoms with Gasteiger partial charge in [-0.05, 0) is 38.3 Å². The second-order valence-corrected chi connectivity index (χ2v) is 6.16. The molecule has 1 aliphatic heterocycles. The Balaban J connectivity index is 1.54. The largest absolute Gasteiger partial charge is 0.392 e. The van der Waals surface area contributed by atoms with Crippen LogP contribution >= 0.6 is 0 Å². The minimum atomic E-state index is -0.288. The van der Waals surface area contributed by atoms with Crippen LogP contribution in [-0.4, -0.2) is 54.8 Å². The first-order valence-electron chi connectivity index (χ1n) is 8.49. The third-order valence-electron chi connectivity index (χ3n) is 4.13. The lowest BCUT2D eigenvalue weighted by Gasteiger charge is -2.29. The number of piperidine rings is 1. The SMILES string of the molecule is CC(OCCCNC(=O)CN1CCCC(O)C1)c1ccccc1. The fourth-order valence-corrected chi connectivity index (χ4v) is 2.81. The molecule has 0 radical (unpaired) electrons. The summed E-state index contributed by atoms with van der Waals surface area (Å²) in [5, 5.41) is 12.5. The number of β-amino-alcohol motifs (C(OH)–C–C–N with tert-alkyl or cyclic N) is 1. The van der Waals surface area contributed by atoms with Crippen LogP contribution in [0.5, 0.6) is 0 Å². The van der Waals surface area contributed by atoms with Crippen LogP contribution in [0.3, 0.4) is 0 Å². The maximum absolute atomic E-state index is 11.9. The second-order valence-electron chi connectivity index (χ2n) is 6.16. The molecule has 2 N–H and O–H groups in total. The molecule has 0 bridgehead atoms. The van der Waals surface area contributed by atoms with Crippen LogP contribution in [0.25, 0.3) is 0 Å².